The average Bonchev–Trinajstić information content (AvgIpc) is 3.49. The number of benzene rings is 2. The van der Waals surface area contributed by atoms with Gasteiger partial charge >= 0.3 is 6.03 Å². The number of halogens is 1. The first-order chi connectivity index (χ1) is 20.4. The Kier molecular flexibility index (Phi) is 12.0. The topological polar surface area (TPSA) is 102 Å². The van der Waals surface area contributed by atoms with Crippen LogP contribution in [0.15, 0.2) is 47.8 Å². The highest BCUT2D eigenvalue weighted by molar-refractivity contribution is 7.09. The van der Waals surface area contributed by atoms with Crippen LogP contribution in [0.1, 0.15) is 54.3 Å². The Labute approximate surface area is 250 Å². The van der Waals surface area contributed by atoms with Gasteiger partial charge < -0.3 is 29.7 Å². The van der Waals surface area contributed by atoms with E-state index >= 15 is 0 Å². The zero-order valence-corrected chi connectivity index (χ0v) is 25.0. The number of amides is 3. The Balaban J connectivity index is 1.08. The summed E-state index contributed by atoms with van der Waals surface area (Å²) < 4.78 is 28.9. The minimum atomic E-state index is -0.292. The zero-order valence-electron chi connectivity index (χ0n) is 24.2. The summed E-state index contributed by atoms with van der Waals surface area (Å²) in [6.45, 7) is 2.24. The number of hydrogen-bond donors (Lipinski definition) is 2. The average molecular weight is 599 g/mol. The number of carbonyl (C=O) groups excluding carboxylic acids is 2. The third kappa shape index (κ3) is 9.42. The van der Waals surface area contributed by atoms with Crippen LogP contribution in [-0.2, 0) is 22.6 Å². The van der Waals surface area contributed by atoms with Gasteiger partial charge in [0.1, 0.15) is 12.4 Å². The Hall–Kier alpha value is -3.70. The number of urea groups is 1. The van der Waals surface area contributed by atoms with E-state index in [1.807, 2.05) is 4.90 Å². The number of aromatic nitrogens is 1. The van der Waals surface area contributed by atoms with Crippen LogP contribution in [0.2, 0.25) is 0 Å². The van der Waals surface area contributed by atoms with Gasteiger partial charge in [0.15, 0.2) is 11.5 Å². The van der Waals surface area contributed by atoms with E-state index in [4.69, 9.17) is 19.2 Å². The number of anilines is 1. The second-order valence-electron chi connectivity index (χ2n) is 10.2. The normalized spacial score (nSPS) is 13.5. The number of rotatable bonds is 14. The SMILES string of the molecule is COc1ccc(NC(=O)N2CCC(c3nc(CCCCCNC(=O)COCc4ccc(F)cc4)cs3)CC2)cc1OC. The van der Waals surface area contributed by atoms with Crippen molar-refractivity contribution >= 4 is 29.0 Å². The maximum Gasteiger partial charge on any atom is 0.321 e. The maximum atomic E-state index is 12.9. The number of nitrogens with one attached hydrogen (secondary N) is 2. The van der Waals surface area contributed by atoms with Crippen molar-refractivity contribution in [2.75, 3.05) is 45.8 Å². The molecule has 3 aromatic rings. The van der Waals surface area contributed by atoms with E-state index < -0.39 is 0 Å². The first-order valence-electron chi connectivity index (χ1n) is 14.3. The van der Waals surface area contributed by atoms with Gasteiger partial charge in [-0.2, -0.15) is 0 Å². The molecule has 0 unspecified atom stereocenters. The molecule has 226 valence electrons. The Morgan fingerprint density at radius 2 is 1.79 bits per heavy atom. The number of methoxy groups -OCH3 is 2. The van der Waals surface area contributed by atoms with Crippen molar-refractivity contribution in [3.05, 3.63) is 69.9 Å². The van der Waals surface area contributed by atoms with Gasteiger partial charge in [-0.15, -0.1) is 11.3 Å². The molecule has 11 heteroatoms. The molecule has 42 heavy (non-hydrogen) atoms. The van der Waals surface area contributed by atoms with E-state index in [9.17, 15) is 14.0 Å². The van der Waals surface area contributed by atoms with Crippen molar-refractivity contribution in [1.29, 1.82) is 0 Å². The molecule has 1 aliphatic heterocycles. The predicted octanol–water partition coefficient (Wildman–Crippen LogP) is 5.76. The minimum Gasteiger partial charge on any atom is -0.493 e. The summed E-state index contributed by atoms with van der Waals surface area (Å²) in [5.74, 6) is 1.12. The van der Waals surface area contributed by atoms with Crippen LogP contribution in [0.4, 0.5) is 14.9 Å². The molecular weight excluding hydrogens is 559 g/mol. The third-order valence-electron chi connectivity index (χ3n) is 7.18. The largest absolute Gasteiger partial charge is 0.493 e. The molecule has 2 aromatic carbocycles. The smallest absolute Gasteiger partial charge is 0.321 e. The highest BCUT2D eigenvalue weighted by atomic mass is 32.1. The van der Waals surface area contributed by atoms with Crippen molar-refractivity contribution < 1.29 is 28.2 Å². The number of aryl methyl sites for hydroxylation is 1. The summed E-state index contributed by atoms with van der Waals surface area (Å²) >= 11 is 1.71. The molecule has 2 N–H and O–H groups in total. The van der Waals surface area contributed by atoms with Crippen LogP contribution >= 0.6 is 11.3 Å². The highest BCUT2D eigenvalue weighted by Crippen LogP contribution is 2.32. The van der Waals surface area contributed by atoms with Crippen LogP contribution in [0.3, 0.4) is 0 Å². The fourth-order valence-electron chi connectivity index (χ4n) is 4.80. The molecule has 2 heterocycles. The summed E-state index contributed by atoms with van der Waals surface area (Å²) in [7, 11) is 3.15. The molecule has 3 amide bonds. The van der Waals surface area contributed by atoms with Gasteiger partial charge in [-0.1, -0.05) is 18.6 Å². The van der Waals surface area contributed by atoms with Crippen LogP contribution in [-0.4, -0.2) is 62.3 Å². The molecule has 0 aliphatic carbocycles. The van der Waals surface area contributed by atoms with Crippen LogP contribution in [0.25, 0.3) is 0 Å². The van der Waals surface area contributed by atoms with Crippen LogP contribution in [0, 0.1) is 5.82 Å². The standard InChI is InChI=1S/C31H39FN4O5S/c1-39-27-12-11-25(18-28(27)40-2)35-31(38)36-16-13-23(14-17-36)30-34-26(21-42-30)6-4-3-5-15-33-29(37)20-41-19-22-7-9-24(32)10-8-22/h7-12,18,21,23H,3-6,13-17,19-20H2,1-2H3,(H,33,37)(H,35,38). The van der Waals surface area contributed by atoms with Gasteiger partial charge in [0, 0.05) is 42.7 Å². The van der Waals surface area contributed by atoms with E-state index in [-0.39, 0.29) is 31.0 Å². The Morgan fingerprint density at radius 1 is 1.02 bits per heavy atom. The van der Waals surface area contributed by atoms with Gasteiger partial charge in [-0.05, 0) is 61.9 Å². The number of likely N-dealkylation sites (tertiary alicyclic amines) is 1. The predicted molar refractivity (Wildman–Crippen MR) is 161 cm³/mol. The molecule has 0 spiro atoms. The van der Waals surface area contributed by atoms with Crippen LogP contribution < -0.4 is 20.1 Å². The lowest BCUT2D eigenvalue weighted by Crippen LogP contribution is -2.40. The van der Waals surface area contributed by atoms with E-state index in [0.717, 1.165) is 54.8 Å². The van der Waals surface area contributed by atoms with E-state index in [2.05, 4.69) is 16.0 Å². The number of thiazole rings is 1. The van der Waals surface area contributed by atoms with Crippen molar-refractivity contribution in [2.45, 2.75) is 51.0 Å². The fraction of sp³-hybridized carbons (Fsp3) is 0.452. The van der Waals surface area contributed by atoms with Gasteiger partial charge in [-0.25, -0.2) is 14.2 Å². The second kappa shape index (κ2) is 16.1. The van der Waals surface area contributed by atoms with Crippen molar-refractivity contribution in [3.8, 4) is 11.5 Å². The zero-order chi connectivity index (χ0) is 29.7. The maximum absolute atomic E-state index is 12.9. The number of piperidine rings is 1. The Bertz CT molecular complexity index is 1290. The van der Waals surface area contributed by atoms with Crippen LogP contribution in [0.5, 0.6) is 11.5 Å². The molecule has 0 saturated carbocycles. The lowest BCUT2D eigenvalue weighted by atomic mass is 9.98. The summed E-state index contributed by atoms with van der Waals surface area (Å²) in [4.78, 5) is 31.5. The molecule has 1 fully saturated rings. The number of nitrogens with zero attached hydrogens (tertiary/aromatic N) is 2. The fourth-order valence-corrected chi connectivity index (χ4v) is 5.83. The Morgan fingerprint density at radius 3 is 2.52 bits per heavy atom. The second-order valence-corrected chi connectivity index (χ2v) is 11.1. The van der Waals surface area contributed by atoms with E-state index in [1.165, 1.54) is 12.1 Å². The molecule has 0 atom stereocenters. The highest BCUT2D eigenvalue weighted by Gasteiger charge is 2.26. The molecule has 0 radical (unpaired) electrons. The number of unbranched alkanes of at least 4 members (excludes halogenated alkanes) is 2. The van der Waals surface area contributed by atoms with Crippen molar-refractivity contribution in [1.82, 2.24) is 15.2 Å². The summed E-state index contributed by atoms with van der Waals surface area (Å²) in [5, 5.41) is 9.13. The third-order valence-corrected chi connectivity index (χ3v) is 8.24. The minimum absolute atomic E-state index is 0.0134. The first kappa shape index (κ1) is 31.2. The van der Waals surface area contributed by atoms with Gasteiger partial charge in [0.05, 0.1) is 31.5 Å². The molecule has 9 nitrogen and oxygen atoms in total. The molecule has 1 aromatic heterocycles. The quantitative estimate of drug-likeness (QED) is 0.229. The number of ether oxygens (including phenoxy) is 3. The molecule has 1 aliphatic rings. The summed E-state index contributed by atoms with van der Waals surface area (Å²) in [6, 6.07) is 11.3. The molecule has 1 saturated heterocycles. The van der Waals surface area contributed by atoms with Gasteiger partial charge in [0.25, 0.3) is 0 Å². The van der Waals surface area contributed by atoms with Crippen molar-refractivity contribution in [3.63, 3.8) is 0 Å². The number of carbonyl (C=O) groups is 2. The molecule has 4 rings (SSSR count). The molecular formula is C31H39FN4O5S. The summed E-state index contributed by atoms with van der Waals surface area (Å²) in [6.07, 6.45) is 5.59. The lowest BCUT2D eigenvalue weighted by Gasteiger charge is -2.31. The molecule has 0 bridgehead atoms. The van der Waals surface area contributed by atoms with Crippen molar-refractivity contribution in [2.24, 2.45) is 0 Å². The van der Waals surface area contributed by atoms with Gasteiger partial charge in [0.2, 0.25) is 5.91 Å². The van der Waals surface area contributed by atoms with E-state index in [1.54, 1.807) is 55.9 Å². The van der Waals surface area contributed by atoms with Gasteiger partial charge in [-0.3, -0.25) is 4.79 Å². The van der Waals surface area contributed by atoms with E-state index in [0.29, 0.717) is 42.7 Å². The number of hydrogen-bond acceptors (Lipinski definition) is 7. The summed E-state index contributed by atoms with van der Waals surface area (Å²) in [5.41, 5.74) is 2.61. The monoisotopic (exact) mass is 598 g/mol. The lowest BCUT2D eigenvalue weighted by molar-refractivity contribution is -0.126. The first-order valence-corrected chi connectivity index (χ1v) is 15.1.